The molecule has 0 radical (unpaired) electrons. The van der Waals surface area contributed by atoms with Gasteiger partial charge in [0.1, 0.15) is 0 Å². The molecule has 0 bridgehead atoms. The number of carbonyl (C=O) groups excluding carboxylic acids is 1. The lowest BCUT2D eigenvalue weighted by Gasteiger charge is -2.19. The topological polar surface area (TPSA) is 69.6 Å². The zero-order chi connectivity index (χ0) is 48.5. The second-order valence-electron chi connectivity index (χ2n) is 18.6. The van der Waals surface area contributed by atoms with Crippen LogP contribution in [0.4, 0.5) is 0 Å². The number of carbonyl (C=O) groups is 1. The molecule has 0 fully saturated rings. The molecule has 0 aromatic rings. The first-order chi connectivity index (χ1) is 33.2. The number of hydrogen-bond acceptors (Lipinski definition) is 3. The highest BCUT2D eigenvalue weighted by molar-refractivity contribution is 5.76. The molecule has 2 unspecified atom stereocenters. The van der Waals surface area contributed by atoms with Crippen LogP contribution in [0.15, 0.2) is 122 Å². The Morgan fingerprint density at radius 1 is 0.373 bits per heavy atom. The number of nitrogens with one attached hydrogen (secondary N) is 1. The van der Waals surface area contributed by atoms with Gasteiger partial charge in [0.05, 0.1) is 18.8 Å². The lowest BCUT2D eigenvalue weighted by Crippen LogP contribution is -2.45. The highest BCUT2D eigenvalue weighted by Crippen LogP contribution is 2.16. The smallest absolute Gasteiger partial charge is 0.220 e. The van der Waals surface area contributed by atoms with Crippen LogP contribution in [0.5, 0.6) is 0 Å². The molecule has 4 heteroatoms. The molecule has 3 N–H and O–H groups in total. The predicted molar refractivity (Wildman–Crippen MR) is 299 cm³/mol. The number of unbranched alkanes of at least 4 members (excludes halogenated alkanes) is 25. The van der Waals surface area contributed by atoms with Crippen molar-refractivity contribution in [2.45, 2.75) is 264 Å². The monoisotopic (exact) mass is 926 g/mol. The zero-order valence-corrected chi connectivity index (χ0v) is 43.9. The molecular formula is C63H107NO3. The fourth-order valence-corrected chi connectivity index (χ4v) is 7.92. The normalized spacial score (nSPS) is 13.8. The molecular weight excluding hydrogens is 819 g/mol. The van der Waals surface area contributed by atoms with E-state index in [-0.39, 0.29) is 12.5 Å². The van der Waals surface area contributed by atoms with Gasteiger partial charge in [-0.2, -0.15) is 0 Å². The van der Waals surface area contributed by atoms with Crippen LogP contribution in [0, 0.1) is 0 Å². The summed E-state index contributed by atoms with van der Waals surface area (Å²) in [5.41, 5.74) is 0. The third kappa shape index (κ3) is 53.6. The van der Waals surface area contributed by atoms with Crippen molar-refractivity contribution in [3.8, 4) is 0 Å². The maximum atomic E-state index is 12.5. The van der Waals surface area contributed by atoms with Gasteiger partial charge in [0.15, 0.2) is 0 Å². The molecule has 0 aliphatic carbocycles. The van der Waals surface area contributed by atoms with Crippen molar-refractivity contribution in [1.82, 2.24) is 5.32 Å². The minimum atomic E-state index is -0.891. The number of amides is 1. The van der Waals surface area contributed by atoms with Gasteiger partial charge in [-0.15, -0.1) is 0 Å². The minimum Gasteiger partial charge on any atom is -0.394 e. The SMILES string of the molecule is CC/C=C\C/C=C\C/C=C\C/C=C\C/C=C\C/C=C\C/C=C\C/C=C\CCCCC(=O)NC(CO)C(O)/C=C/CC/C=C/CCCCCCCCCCCCCCCCCCCCCCCC. The molecule has 0 saturated carbocycles. The van der Waals surface area contributed by atoms with E-state index < -0.39 is 12.1 Å². The second-order valence-corrected chi connectivity index (χ2v) is 18.6. The van der Waals surface area contributed by atoms with Crippen LogP contribution in [-0.4, -0.2) is 34.9 Å². The number of aliphatic hydroxyl groups excluding tert-OH is 2. The molecule has 0 rings (SSSR count). The standard InChI is InChI=1S/C63H107NO3/c1-3-5-7-9-11-13-15-17-19-21-23-25-27-29-31-33-34-36-38-40-42-44-46-48-50-52-54-56-58-62(66)61(60-65)64-63(67)59-57-55-53-51-49-47-45-43-41-39-37-35-32-30-28-26-24-22-20-18-16-14-12-10-8-6-4-2/h6,8,12,14,18,20,24,26,30,32,37,39,43,45,48-51,56,58,61-62,65-66H,3-5,7,9-11,13,15-17,19,21-23,25,27-29,31,33-36,38,40-42,44,46-47,52-55,57,59-60H2,1-2H3,(H,64,67)/b8-6-,14-12-,20-18-,26-24-,32-30-,39-37-,45-43-,50-48+,51-49-,58-56+. The first-order valence-corrected chi connectivity index (χ1v) is 28.2. The number of aliphatic hydroxyl groups is 2. The summed E-state index contributed by atoms with van der Waals surface area (Å²) >= 11 is 0. The van der Waals surface area contributed by atoms with Crippen LogP contribution in [0.1, 0.15) is 251 Å². The van der Waals surface area contributed by atoms with Gasteiger partial charge in [0.2, 0.25) is 5.91 Å². The van der Waals surface area contributed by atoms with E-state index in [0.29, 0.717) is 6.42 Å². The molecule has 0 aromatic carbocycles. The van der Waals surface area contributed by atoms with Gasteiger partial charge in [-0.1, -0.05) is 270 Å². The Kier molecular flexibility index (Phi) is 54.4. The van der Waals surface area contributed by atoms with Gasteiger partial charge in [-0.05, 0) is 96.3 Å². The molecule has 0 aromatic heterocycles. The van der Waals surface area contributed by atoms with Crippen molar-refractivity contribution in [1.29, 1.82) is 0 Å². The summed E-state index contributed by atoms with van der Waals surface area (Å²) < 4.78 is 0. The van der Waals surface area contributed by atoms with Crippen molar-refractivity contribution < 1.29 is 15.0 Å². The molecule has 0 spiro atoms. The fourth-order valence-electron chi connectivity index (χ4n) is 7.92. The third-order valence-electron chi connectivity index (χ3n) is 12.2. The Bertz CT molecular complexity index is 1330. The molecule has 0 saturated heterocycles. The number of rotatable bonds is 50. The first-order valence-electron chi connectivity index (χ1n) is 28.2. The molecule has 0 heterocycles. The Labute approximate surface area is 416 Å². The summed E-state index contributed by atoms with van der Waals surface area (Å²) in [6, 6.07) is -0.673. The zero-order valence-electron chi connectivity index (χ0n) is 43.9. The Morgan fingerprint density at radius 2 is 0.672 bits per heavy atom. The van der Waals surface area contributed by atoms with Crippen molar-refractivity contribution in [2.24, 2.45) is 0 Å². The van der Waals surface area contributed by atoms with Crippen molar-refractivity contribution in [2.75, 3.05) is 6.61 Å². The van der Waals surface area contributed by atoms with E-state index in [4.69, 9.17) is 0 Å². The van der Waals surface area contributed by atoms with E-state index in [1.54, 1.807) is 6.08 Å². The largest absolute Gasteiger partial charge is 0.394 e. The highest BCUT2D eigenvalue weighted by atomic mass is 16.3. The summed E-state index contributed by atoms with van der Waals surface area (Å²) in [5.74, 6) is -0.119. The predicted octanol–water partition coefficient (Wildman–Crippen LogP) is 18.9. The lowest BCUT2D eigenvalue weighted by atomic mass is 10.0. The average Bonchev–Trinajstić information content (AvgIpc) is 3.33. The molecule has 0 aliphatic rings. The molecule has 4 nitrogen and oxygen atoms in total. The first kappa shape index (κ1) is 63.8. The molecule has 0 aliphatic heterocycles. The van der Waals surface area contributed by atoms with Crippen LogP contribution in [0.25, 0.3) is 0 Å². The van der Waals surface area contributed by atoms with E-state index in [9.17, 15) is 15.0 Å². The van der Waals surface area contributed by atoms with E-state index in [2.05, 4.69) is 129 Å². The van der Waals surface area contributed by atoms with Crippen molar-refractivity contribution >= 4 is 5.91 Å². The van der Waals surface area contributed by atoms with Gasteiger partial charge in [0.25, 0.3) is 0 Å². The Morgan fingerprint density at radius 3 is 1.04 bits per heavy atom. The molecule has 1 amide bonds. The summed E-state index contributed by atoms with van der Waals surface area (Å²) in [6.45, 7) is 4.17. The van der Waals surface area contributed by atoms with Gasteiger partial charge in [-0.25, -0.2) is 0 Å². The minimum absolute atomic E-state index is 0.119. The summed E-state index contributed by atoms with van der Waals surface area (Å²) in [7, 11) is 0. The molecule has 382 valence electrons. The van der Waals surface area contributed by atoms with E-state index in [1.807, 2.05) is 6.08 Å². The summed E-state index contributed by atoms with van der Waals surface area (Å²) in [5, 5.41) is 23.1. The van der Waals surface area contributed by atoms with Crippen LogP contribution < -0.4 is 5.32 Å². The van der Waals surface area contributed by atoms with E-state index >= 15 is 0 Å². The number of allylic oxidation sites excluding steroid dienone is 19. The third-order valence-corrected chi connectivity index (χ3v) is 12.2. The quantitative estimate of drug-likeness (QED) is 0.0421. The summed E-state index contributed by atoms with van der Waals surface area (Å²) in [6.07, 6.45) is 87.9. The Hall–Kier alpha value is -3.21. The molecule has 2 atom stereocenters. The maximum absolute atomic E-state index is 12.5. The van der Waals surface area contributed by atoms with Crippen molar-refractivity contribution in [3.05, 3.63) is 122 Å². The molecule has 67 heavy (non-hydrogen) atoms. The lowest BCUT2D eigenvalue weighted by molar-refractivity contribution is -0.123. The summed E-state index contributed by atoms with van der Waals surface area (Å²) in [4.78, 5) is 12.5. The van der Waals surface area contributed by atoms with Crippen molar-refractivity contribution in [3.63, 3.8) is 0 Å². The van der Waals surface area contributed by atoms with E-state index in [0.717, 1.165) is 89.9 Å². The van der Waals surface area contributed by atoms with Gasteiger partial charge < -0.3 is 15.5 Å². The average molecular weight is 927 g/mol. The van der Waals surface area contributed by atoms with Crippen LogP contribution in [0.3, 0.4) is 0 Å². The van der Waals surface area contributed by atoms with Gasteiger partial charge in [0, 0.05) is 6.42 Å². The van der Waals surface area contributed by atoms with Crippen LogP contribution in [-0.2, 0) is 4.79 Å². The van der Waals surface area contributed by atoms with Gasteiger partial charge in [-0.3, -0.25) is 4.79 Å². The van der Waals surface area contributed by atoms with E-state index in [1.165, 1.54) is 141 Å². The highest BCUT2D eigenvalue weighted by Gasteiger charge is 2.17. The Balaban J connectivity index is 3.68. The fraction of sp³-hybridized carbons (Fsp3) is 0.667. The maximum Gasteiger partial charge on any atom is 0.220 e. The van der Waals surface area contributed by atoms with Crippen LogP contribution >= 0.6 is 0 Å². The second kappa shape index (κ2) is 57.1. The number of hydrogen-bond donors (Lipinski definition) is 3. The van der Waals surface area contributed by atoms with Crippen LogP contribution in [0.2, 0.25) is 0 Å². The van der Waals surface area contributed by atoms with Gasteiger partial charge >= 0.3 is 0 Å².